The fraction of sp³-hybridized carbons (Fsp3) is 0.500. The van der Waals surface area contributed by atoms with E-state index in [1.165, 1.54) is 6.33 Å². The quantitative estimate of drug-likeness (QED) is 0.470. The van der Waals surface area contributed by atoms with Crippen molar-refractivity contribution in [3.05, 3.63) is 23.1 Å². The molecule has 0 aliphatic carbocycles. The lowest BCUT2D eigenvalue weighted by Gasteiger charge is -2.13. The SMILES string of the molecule is [N-]=[N+]=N[C@H]1C[C@@H](n2cnc3c(N)ncnc32)O[C@@H]1CO. The smallest absolute Gasteiger partial charge is 0.167 e. The molecule has 104 valence electrons. The number of aromatic nitrogens is 4. The van der Waals surface area contributed by atoms with Gasteiger partial charge in [0.2, 0.25) is 0 Å². The van der Waals surface area contributed by atoms with Gasteiger partial charge in [-0.05, 0) is 5.53 Å². The van der Waals surface area contributed by atoms with E-state index in [1.807, 2.05) is 0 Å². The molecule has 1 fully saturated rings. The van der Waals surface area contributed by atoms with E-state index in [0.717, 1.165) is 0 Å². The van der Waals surface area contributed by atoms with Crippen molar-refractivity contribution in [2.45, 2.75) is 24.8 Å². The maximum Gasteiger partial charge on any atom is 0.167 e. The number of anilines is 1. The van der Waals surface area contributed by atoms with Crippen molar-refractivity contribution >= 4 is 17.0 Å². The lowest BCUT2D eigenvalue weighted by atomic mass is 10.1. The molecule has 10 heteroatoms. The number of aliphatic hydroxyl groups is 1. The van der Waals surface area contributed by atoms with Crippen molar-refractivity contribution in [2.24, 2.45) is 5.11 Å². The number of imidazole rings is 1. The summed E-state index contributed by atoms with van der Waals surface area (Å²) in [5.41, 5.74) is 15.3. The minimum absolute atomic E-state index is 0.218. The standard InChI is InChI=1S/C10H12N8O2/c11-9-8-10(14-3-13-9)18(4-15-8)7-1-5(16-17-12)6(2-19)20-7/h3-7,19H,1-2H2,(H2,11,13,14)/t5-,6+,7-/m0/s1. The zero-order chi connectivity index (χ0) is 14.1. The molecule has 1 aliphatic heterocycles. The predicted octanol–water partition coefficient (Wildman–Crippen LogP) is 0.367. The highest BCUT2D eigenvalue weighted by molar-refractivity contribution is 5.81. The summed E-state index contributed by atoms with van der Waals surface area (Å²) < 4.78 is 7.37. The third kappa shape index (κ3) is 1.92. The van der Waals surface area contributed by atoms with E-state index in [2.05, 4.69) is 25.0 Å². The number of azide groups is 1. The number of nitrogens with two attached hydrogens (primary N) is 1. The molecular formula is C10H12N8O2. The first kappa shape index (κ1) is 12.6. The van der Waals surface area contributed by atoms with Gasteiger partial charge in [0.1, 0.15) is 18.1 Å². The lowest BCUT2D eigenvalue weighted by Crippen LogP contribution is -2.22. The Hall–Kier alpha value is -2.42. The Morgan fingerprint density at radius 3 is 3.15 bits per heavy atom. The molecule has 0 spiro atoms. The van der Waals surface area contributed by atoms with E-state index in [1.54, 1.807) is 10.9 Å². The van der Waals surface area contributed by atoms with Crippen molar-refractivity contribution < 1.29 is 9.84 Å². The third-order valence-corrected chi connectivity index (χ3v) is 3.28. The second-order valence-corrected chi connectivity index (χ2v) is 4.40. The minimum Gasteiger partial charge on any atom is -0.394 e. The number of hydrogen-bond acceptors (Lipinski definition) is 7. The molecule has 1 saturated heterocycles. The molecule has 20 heavy (non-hydrogen) atoms. The molecule has 0 radical (unpaired) electrons. The third-order valence-electron chi connectivity index (χ3n) is 3.28. The highest BCUT2D eigenvalue weighted by Crippen LogP contribution is 2.32. The largest absolute Gasteiger partial charge is 0.394 e. The molecule has 3 atom stereocenters. The van der Waals surface area contributed by atoms with E-state index in [4.69, 9.17) is 16.0 Å². The van der Waals surface area contributed by atoms with Crippen LogP contribution in [0.25, 0.3) is 21.6 Å². The van der Waals surface area contributed by atoms with Crippen LogP contribution in [-0.2, 0) is 4.74 Å². The normalized spacial score (nSPS) is 25.8. The van der Waals surface area contributed by atoms with Crippen LogP contribution < -0.4 is 5.73 Å². The molecule has 0 amide bonds. The summed E-state index contributed by atoms with van der Waals surface area (Å²) in [4.78, 5) is 14.9. The van der Waals surface area contributed by atoms with Gasteiger partial charge in [-0.1, -0.05) is 5.11 Å². The maximum atomic E-state index is 9.26. The number of fused-ring (bicyclic) bond motifs is 1. The van der Waals surface area contributed by atoms with E-state index >= 15 is 0 Å². The Bertz CT molecular complexity index is 679. The van der Waals surface area contributed by atoms with E-state index in [-0.39, 0.29) is 12.4 Å². The van der Waals surface area contributed by atoms with Crippen LogP contribution in [0.1, 0.15) is 12.6 Å². The lowest BCUT2D eigenvalue weighted by molar-refractivity contribution is -0.0233. The summed E-state index contributed by atoms with van der Waals surface area (Å²) >= 11 is 0. The minimum atomic E-state index is -0.535. The number of hydrogen-bond donors (Lipinski definition) is 2. The first-order valence-electron chi connectivity index (χ1n) is 5.98. The molecule has 3 N–H and O–H groups in total. The van der Waals surface area contributed by atoms with Gasteiger partial charge in [-0.15, -0.1) is 0 Å². The molecule has 0 unspecified atom stereocenters. The number of nitrogen functional groups attached to an aromatic ring is 1. The highest BCUT2D eigenvalue weighted by atomic mass is 16.5. The topological polar surface area (TPSA) is 148 Å². The van der Waals surface area contributed by atoms with Gasteiger partial charge in [0.25, 0.3) is 0 Å². The van der Waals surface area contributed by atoms with Gasteiger partial charge in [0, 0.05) is 11.3 Å². The zero-order valence-electron chi connectivity index (χ0n) is 10.4. The second kappa shape index (κ2) is 4.93. The van der Waals surface area contributed by atoms with Crippen molar-refractivity contribution in [3.63, 3.8) is 0 Å². The van der Waals surface area contributed by atoms with Crippen LogP contribution in [0.3, 0.4) is 0 Å². The van der Waals surface area contributed by atoms with Crippen LogP contribution >= 0.6 is 0 Å². The summed E-state index contributed by atoms with van der Waals surface area (Å²) in [6.45, 7) is -0.218. The van der Waals surface area contributed by atoms with Crippen LogP contribution in [-0.4, -0.2) is 43.4 Å². The Labute approximate surface area is 112 Å². The van der Waals surface area contributed by atoms with Crippen LogP contribution in [0, 0.1) is 0 Å². The zero-order valence-corrected chi connectivity index (χ0v) is 10.4. The van der Waals surface area contributed by atoms with Gasteiger partial charge in [0.15, 0.2) is 11.5 Å². The maximum absolute atomic E-state index is 9.26. The van der Waals surface area contributed by atoms with Crippen molar-refractivity contribution in [3.8, 4) is 0 Å². The Balaban J connectivity index is 1.96. The number of nitrogens with zero attached hydrogens (tertiary/aromatic N) is 7. The number of ether oxygens (including phenoxy) is 1. The van der Waals surface area contributed by atoms with Gasteiger partial charge >= 0.3 is 0 Å². The average molecular weight is 276 g/mol. The van der Waals surface area contributed by atoms with E-state index in [9.17, 15) is 5.11 Å². The Kier molecular flexibility index (Phi) is 3.11. The molecule has 0 bridgehead atoms. The molecule has 0 aromatic carbocycles. The molecule has 1 aliphatic rings. The molecule has 3 rings (SSSR count). The first-order valence-corrected chi connectivity index (χ1v) is 5.98. The summed E-state index contributed by atoms with van der Waals surface area (Å²) in [5.74, 6) is 0.289. The van der Waals surface area contributed by atoms with Crippen molar-refractivity contribution in [1.29, 1.82) is 0 Å². The van der Waals surface area contributed by atoms with Gasteiger partial charge in [-0.3, -0.25) is 4.57 Å². The summed E-state index contributed by atoms with van der Waals surface area (Å²) in [6, 6.07) is -0.424. The summed E-state index contributed by atoms with van der Waals surface area (Å²) in [5, 5.41) is 12.9. The Morgan fingerprint density at radius 2 is 2.40 bits per heavy atom. The van der Waals surface area contributed by atoms with Gasteiger partial charge < -0.3 is 15.6 Å². The van der Waals surface area contributed by atoms with Gasteiger partial charge in [-0.2, -0.15) is 0 Å². The number of aliphatic hydroxyl groups excluding tert-OH is 1. The van der Waals surface area contributed by atoms with Crippen LogP contribution in [0.15, 0.2) is 17.8 Å². The van der Waals surface area contributed by atoms with E-state index in [0.29, 0.717) is 17.6 Å². The van der Waals surface area contributed by atoms with Crippen LogP contribution in [0.2, 0.25) is 0 Å². The fourth-order valence-electron chi connectivity index (χ4n) is 2.32. The fourth-order valence-corrected chi connectivity index (χ4v) is 2.32. The summed E-state index contributed by atoms with van der Waals surface area (Å²) in [7, 11) is 0. The first-order chi connectivity index (χ1) is 9.74. The van der Waals surface area contributed by atoms with Crippen LogP contribution in [0.4, 0.5) is 5.82 Å². The van der Waals surface area contributed by atoms with Gasteiger partial charge in [-0.25, -0.2) is 15.0 Å². The number of rotatable bonds is 3. The molecule has 2 aromatic heterocycles. The molecular weight excluding hydrogens is 264 g/mol. The Morgan fingerprint density at radius 1 is 1.55 bits per heavy atom. The second-order valence-electron chi connectivity index (χ2n) is 4.40. The monoisotopic (exact) mass is 276 g/mol. The van der Waals surface area contributed by atoms with Crippen molar-refractivity contribution in [2.75, 3.05) is 12.3 Å². The average Bonchev–Trinajstić information content (AvgIpc) is 3.03. The predicted molar refractivity (Wildman–Crippen MR) is 68.3 cm³/mol. The molecule has 2 aromatic rings. The summed E-state index contributed by atoms with van der Waals surface area (Å²) in [6.07, 6.45) is 2.38. The van der Waals surface area contributed by atoms with Crippen LogP contribution in [0.5, 0.6) is 0 Å². The van der Waals surface area contributed by atoms with E-state index < -0.39 is 18.4 Å². The highest BCUT2D eigenvalue weighted by Gasteiger charge is 2.36. The molecule has 0 saturated carbocycles. The van der Waals surface area contributed by atoms with Gasteiger partial charge in [0.05, 0.1) is 25.1 Å². The molecule has 10 nitrogen and oxygen atoms in total. The van der Waals surface area contributed by atoms with Crippen molar-refractivity contribution in [1.82, 2.24) is 19.5 Å². The molecule has 3 heterocycles.